The second kappa shape index (κ2) is 6.12. The molecule has 0 atom stereocenters. The Hall–Kier alpha value is -1.72. The van der Waals surface area contributed by atoms with E-state index in [1.807, 2.05) is 13.8 Å². The van der Waals surface area contributed by atoms with Crippen LogP contribution in [-0.2, 0) is 0 Å². The molecule has 0 amide bonds. The molecule has 0 aromatic heterocycles. The maximum Gasteiger partial charge on any atom is 0.573 e. The predicted octanol–water partition coefficient (Wildman–Crippen LogP) is 3.58. The maximum atomic E-state index is 11.9. The number of benzene rings is 1. The number of alkyl halides is 3. The third kappa shape index (κ3) is 5.24. The fraction of sp³-hybridized carbons (Fsp3) is 0.364. The van der Waals surface area contributed by atoms with Gasteiger partial charge in [-0.2, -0.15) is 0 Å². The van der Waals surface area contributed by atoms with Crippen molar-refractivity contribution in [3.05, 3.63) is 23.8 Å². The molecular weight excluding hydrogens is 233 g/mol. The van der Waals surface area contributed by atoms with E-state index in [2.05, 4.69) is 4.74 Å². The van der Waals surface area contributed by atoms with E-state index in [9.17, 15) is 13.2 Å². The Balaban J connectivity index is 0.00000121. The zero-order chi connectivity index (χ0) is 13.6. The molecule has 3 N–H and O–H groups in total. The summed E-state index contributed by atoms with van der Waals surface area (Å²) >= 11 is 0. The molecule has 0 saturated heterocycles. The van der Waals surface area contributed by atoms with Crippen molar-refractivity contribution in [1.82, 2.24) is 0 Å². The molecule has 0 spiro atoms. The number of nitrogens with two attached hydrogens (primary N) is 1. The molecule has 0 aliphatic heterocycles. The van der Waals surface area contributed by atoms with Crippen LogP contribution in [0, 0.1) is 5.41 Å². The monoisotopic (exact) mass is 248 g/mol. The SMILES string of the molecule is CC.CC(=N)c1cc(OC(F)(F)F)ccc1N. The molecule has 0 radical (unpaired) electrons. The van der Waals surface area contributed by atoms with Crippen LogP contribution in [-0.4, -0.2) is 12.1 Å². The summed E-state index contributed by atoms with van der Waals surface area (Å²) in [5.41, 5.74) is 6.04. The average Bonchev–Trinajstić information content (AvgIpc) is 2.21. The minimum absolute atomic E-state index is 0.0834. The number of rotatable bonds is 2. The number of anilines is 1. The number of nitrogens with one attached hydrogen (secondary N) is 1. The summed E-state index contributed by atoms with van der Waals surface area (Å²) in [4.78, 5) is 0. The Morgan fingerprint density at radius 3 is 2.24 bits per heavy atom. The lowest BCUT2D eigenvalue weighted by Crippen LogP contribution is -2.17. The predicted molar refractivity (Wildman–Crippen MR) is 61.4 cm³/mol. The summed E-state index contributed by atoms with van der Waals surface area (Å²) < 4.78 is 39.3. The van der Waals surface area contributed by atoms with E-state index in [0.717, 1.165) is 12.1 Å². The van der Waals surface area contributed by atoms with Gasteiger partial charge >= 0.3 is 6.36 Å². The standard InChI is InChI=1S/C9H9F3N2O.C2H6/c1-5(13)7-4-6(2-3-8(7)14)15-9(10,11)12;1-2/h2-4,13H,14H2,1H3;1-2H3. The molecular formula is C11H15F3N2O. The third-order valence-corrected chi connectivity index (χ3v) is 1.66. The van der Waals surface area contributed by atoms with Gasteiger partial charge in [0.15, 0.2) is 0 Å². The van der Waals surface area contributed by atoms with Crippen molar-refractivity contribution in [2.45, 2.75) is 27.1 Å². The topological polar surface area (TPSA) is 59.1 Å². The van der Waals surface area contributed by atoms with Gasteiger partial charge in [0.05, 0.1) is 0 Å². The van der Waals surface area contributed by atoms with Crippen molar-refractivity contribution >= 4 is 11.4 Å². The Labute approximate surface area is 97.9 Å². The van der Waals surface area contributed by atoms with Crippen LogP contribution in [0.2, 0.25) is 0 Å². The Morgan fingerprint density at radius 2 is 1.82 bits per heavy atom. The van der Waals surface area contributed by atoms with Gasteiger partial charge in [-0.3, -0.25) is 0 Å². The van der Waals surface area contributed by atoms with Crippen LogP contribution in [0.3, 0.4) is 0 Å². The maximum absolute atomic E-state index is 11.9. The van der Waals surface area contributed by atoms with Gasteiger partial charge in [0.25, 0.3) is 0 Å². The van der Waals surface area contributed by atoms with E-state index in [1.165, 1.54) is 13.0 Å². The second-order valence-corrected chi connectivity index (χ2v) is 2.92. The van der Waals surface area contributed by atoms with E-state index >= 15 is 0 Å². The van der Waals surface area contributed by atoms with Gasteiger partial charge in [-0.1, -0.05) is 13.8 Å². The zero-order valence-corrected chi connectivity index (χ0v) is 9.85. The largest absolute Gasteiger partial charge is 0.573 e. The number of hydrogen-bond acceptors (Lipinski definition) is 3. The van der Waals surface area contributed by atoms with E-state index < -0.39 is 6.36 Å². The number of hydrogen-bond donors (Lipinski definition) is 2. The van der Waals surface area contributed by atoms with Crippen molar-refractivity contribution in [2.24, 2.45) is 0 Å². The molecule has 1 rings (SSSR count). The van der Waals surface area contributed by atoms with Crippen LogP contribution >= 0.6 is 0 Å². The molecule has 0 saturated carbocycles. The van der Waals surface area contributed by atoms with Crippen LogP contribution in [0.4, 0.5) is 18.9 Å². The van der Waals surface area contributed by atoms with Crippen molar-refractivity contribution in [3.63, 3.8) is 0 Å². The van der Waals surface area contributed by atoms with Gasteiger partial charge < -0.3 is 15.9 Å². The highest BCUT2D eigenvalue weighted by Gasteiger charge is 2.31. The molecule has 1 aromatic carbocycles. The first kappa shape index (κ1) is 15.3. The summed E-state index contributed by atoms with van der Waals surface area (Å²) in [6.45, 7) is 5.43. The molecule has 6 heteroatoms. The van der Waals surface area contributed by atoms with Gasteiger partial charge in [0.1, 0.15) is 5.75 Å². The van der Waals surface area contributed by atoms with Crippen molar-refractivity contribution in [2.75, 3.05) is 5.73 Å². The fourth-order valence-electron chi connectivity index (χ4n) is 1.06. The minimum Gasteiger partial charge on any atom is -0.406 e. The van der Waals surface area contributed by atoms with Crippen molar-refractivity contribution in [1.29, 1.82) is 5.41 Å². The summed E-state index contributed by atoms with van der Waals surface area (Å²) in [5, 5.41) is 7.29. The van der Waals surface area contributed by atoms with Gasteiger partial charge in [-0.05, 0) is 25.1 Å². The van der Waals surface area contributed by atoms with Crippen LogP contribution in [0.5, 0.6) is 5.75 Å². The first-order valence-electron chi connectivity index (χ1n) is 5.00. The lowest BCUT2D eigenvalue weighted by Gasteiger charge is -2.11. The smallest absolute Gasteiger partial charge is 0.406 e. The van der Waals surface area contributed by atoms with Crippen LogP contribution in [0.25, 0.3) is 0 Å². The van der Waals surface area contributed by atoms with Gasteiger partial charge in [0.2, 0.25) is 0 Å². The second-order valence-electron chi connectivity index (χ2n) is 2.92. The molecule has 96 valence electrons. The Kier molecular flexibility index (Phi) is 5.50. The molecule has 0 aliphatic carbocycles. The minimum atomic E-state index is -4.73. The van der Waals surface area contributed by atoms with Crippen molar-refractivity contribution < 1.29 is 17.9 Å². The fourth-order valence-corrected chi connectivity index (χ4v) is 1.06. The van der Waals surface area contributed by atoms with Gasteiger partial charge in [-0.15, -0.1) is 13.2 Å². The normalized spacial score (nSPS) is 10.2. The third-order valence-electron chi connectivity index (χ3n) is 1.66. The van der Waals surface area contributed by atoms with E-state index in [1.54, 1.807) is 0 Å². The number of halogens is 3. The molecule has 3 nitrogen and oxygen atoms in total. The van der Waals surface area contributed by atoms with Crippen LogP contribution in [0.15, 0.2) is 18.2 Å². The highest BCUT2D eigenvalue weighted by molar-refractivity contribution is 6.01. The summed E-state index contributed by atoms with van der Waals surface area (Å²) in [6.07, 6.45) is -4.73. The number of nitrogen functional groups attached to an aromatic ring is 1. The van der Waals surface area contributed by atoms with E-state index in [4.69, 9.17) is 11.1 Å². The molecule has 0 bridgehead atoms. The first-order valence-corrected chi connectivity index (χ1v) is 5.00. The molecule has 0 fully saturated rings. The van der Waals surface area contributed by atoms with Gasteiger partial charge in [0, 0.05) is 17.0 Å². The summed E-state index contributed by atoms with van der Waals surface area (Å²) in [7, 11) is 0. The summed E-state index contributed by atoms with van der Waals surface area (Å²) in [5.74, 6) is -0.377. The lowest BCUT2D eigenvalue weighted by atomic mass is 10.1. The highest BCUT2D eigenvalue weighted by Crippen LogP contribution is 2.26. The lowest BCUT2D eigenvalue weighted by molar-refractivity contribution is -0.274. The molecule has 0 unspecified atom stereocenters. The zero-order valence-electron chi connectivity index (χ0n) is 9.85. The highest BCUT2D eigenvalue weighted by atomic mass is 19.4. The average molecular weight is 248 g/mol. The quantitative estimate of drug-likeness (QED) is 0.620. The van der Waals surface area contributed by atoms with E-state index in [-0.39, 0.29) is 22.7 Å². The van der Waals surface area contributed by atoms with Crippen LogP contribution < -0.4 is 10.5 Å². The van der Waals surface area contributed by atoms with Crippen molar-refractivity contribution in [3.8, 4) is 5.75 Å². The molecule has 17 heavy (non-hydrogen) atoms. The first-order chi connectivity index (χ1) is 7.79. The Bertz CT molecular complexity index is 389. The summed E-state index contributed by atoms with van der Waals surface area (Å²) in [6, 6.07) is 3.47. The van der Waals surface area contributed by atoms with Crippen LogP contribution in [0.1, 0.15) is 26.3 Å². The molecule has 0 heterocycles. The molecule has 1 aromatic rings. The number of ether oxygens (including phenoxy) is 1. The molecule has 0 aliphatic rings. The van der Waals surface area contributed by atoms with Gasteiger partial charge in [-0.25, -0.2) is 0 Å². The van der Waals surface area contributed by atoms with E-state index in [0.29, 0.717) is 0 Å². The Morgan fingerprint density at radius 1 is 1.29 bits per heavy atom.